The van der Waals surface area contributed by atoms with Crippen LogP contribution in [0.5, 0.6) is 0 Å². The van der Waals surface area contributed by atoms with Crippen LogP contribution in [0.3, 0.4) is 0 Å². The minimum Gasteiger partial charge on any atom is -0.373 e. The molecule has 1 heterocycles. The number of hydrogen-bond donors (Lipinski definition) is 1. The van der Waals surface area contributed by atoms with Crippen molar-refractivity contribution in [3.05, 3.63) is 45.4 Å². The van der Waals surface area contributed by atoms with Crippen LogP contribution in [0.2, 0.25) is 5.02 Å². The van der Waals surface area contributed by atoms with Gasteiger partial charge in [0.15, 0.2) is 0 Å². The second-order valence-corrected chi connectivity index (χ2v) is 5.70. The Hall–Kier alpha value is -1.57. The van der Waals surface area contributed by atoms with Gasteiger partial charge in [-0.1, -0.05) is 11.6 Å². The molecule has 18 heavy (non-hydrogen) atoms. The molecule has 1 aromatic heterocycles. The summed E-state index contributed by atoms with van der Waals surface area (Å²) >= 11 is 7.74. The number of anilines is 1. The third-order valence-electron chi connectivity index (χ3n) is 2.51. The highest BCUT2D eigenvalue weighted by atomic mass is 35.5. The lowest BCUT2D eigenvalue weighted by Gasteiger charge is -2.25. The van der Waals surface area contributed by atoms with Crippen LogP contribution in [-0.2, 0) is 5.54 Å². The van der Waals surface area contributed by atoms with E-state index in [1.807, 2.05) is 25.3 Å². The van der Waals surface area contributed by atoms with E-state index < -0.39 is 0 Å². The molecule has 2 aromatic rings. The Morgan fingerprint density at radius 2 is 2.22 bits per heavy atom. The molecular formula is C13H12ClN3S. The largest absolute Gasteiger partial charge is 0.373 e. The molecule has 0 bridgehead atoms. The predicted molar refractivity (Wildman–Crippen MR) is 74.9 cm³/mol. The lowest BCUT2D eigenvalue weighted by molar-refractivity contribution is 0.604. The third-order valence-corrected chi connectivity index (χ3v) is 3.92. The molecule has 0 aliphatic heterocycles. The monoisotopic (exact) mass is 277 g/mol. The van der Waals surface area contributed by atoms with E-state index in [4.69, 9.17) is 16.9 Å². The van der Waals surface area contributed by atoms with Crippen molar-refractivity contribution in [2.24, 2.45) is 0 Å². The van der Waals surface area contributed by atoms with Crippen molar-refractivity contribution in [2.45, 2.75) is 19.4 Å². The van der Waals surface area contributed by atoms with Crippen LogP contribution in [-0.4, -0.2) is 4.98 Å². The molecule has 1 aromatic carbocycles. The lowest BCUT2D eigenvalue weighted by Crippen LogP contribution is -2.27. The number of thiazole rings is 1. The van der Waals surface area contributed by atoms with Crippen molar-refractivity contribution in [3.8, 4) is 6.07 Å². The summed E-state index contributed by atoms with van der Waals surface area (Å²) in [7, 11) is 0. The predicted octanol–water partition coefficient (Wildman–Crippen LogP) is 4.02. The van der Waals surface area contributed by atoms with Gasteiger partial charge >= 0.3 is 0 Å². The minimum absolute atomic E-state index is 0.300. The molecule has 0 atom stereocenters. The number of hydrogen-bond acceptors (Lipinski definition) is 4. The number of nitriles is 1. The van der Waals surface area contributed by atoms with Crippen molar-refractivity contribution < 1.29 is 0 Å². The smallest absolute Gasteiger partial charge is 0.117 e. The first-order valence-corrected chi connectivity index (χ1v) is 6.66. The van der Waals surface area contributed by atoms with Crippen LogP contribution in [0.15, 0.2) is 29.8 Å². The van der Waals surface area contributed by atoms with E-state index in [0.717, 1.165) is 10.7 Å². The van der Waals surface area contributed by atoms with Gasteiger partial charge in [-0.3, -0.25) is 0 Å². The number of nitrogens with one attached hydrogen (secondary N) is 1. The maximum absolute atomic E-state index is 8.80. The molecule has 1 N–H and O–H groups in total. The van der Waals surface area contributed by atoms with Crippen LogP contribution in [0.4, 0.5) is 5.69 Å². The molecule has 5 heteroatoms. The fraction of sp³-hybridized carbons (Fsp3) is 0.231. The Bertz CT molecular complexity index is 585. The number of nitrogens with zero attached hydrogens (tertiary/aromatic N) is 2. The highest BCUT2D eigenvalue weighted by Gasteiger charge is 2.23. The minimum atomic E-state index is -0.300. The van der Waals surface area contributed by atoms with Crippen molar-refractivity contribution in [3.63, 3.8) is 0 Å². The number of benzene rings is 1. The molecule has 0 saturated heterocycles. The van der Waals surface area contributed by atoms with Crippen LogP contribution in [0.1, 0.15) is 24.4 Å². The van der Waals surface area contributed by atoms with Gasteiger partial charge in [-0.2, -0.15) is 5.26 Å². The topological polar surface area (TPSA) is 48.7 Å². The van der Waals surface area contributed by atoms with Crippen LogP contribution in [0.25, 0.3) is 0 Å². The molecule has 3 nitrogen and oxygen atoms in total. The number of halogens is 1. The molecule has 0 saturated carbocycles. The zero-order valence-corrected chi connectivity index (χ0v) is 11.6. The second-order valence-electron chi connectivity index (χ2n) is 4.39. The molecule has 92 valence electrons. The Labute approximate surface area is 115 Å². The van der Waals surface area contributed by atoms with Gasteiger partial charge in [0.05, 0.1) is 27.9 Å². The summed E-state index contributed by atoms with van der Waals surface area (Å²) in [5.41, 5.74) is 1.06. The summed E-state index contributed by atoms with van der Waals surface area (Å²) in [5, 5.41) is 15.6. The molecule has 0 aliphatic rings. The van der Waals surface area contributed by atoms with Gasteiger partial charge in [-0.25, -0.2) is 4.98 Å². The lowest BCUT2D eigenvalue weighted by atomic mass is 10.1. The molecule has 0 spiro atoms. The highest BCUT2D eigenvalue weighted by molar-refractivity contribution is 7.09. The van der Waals surface area contributed by atoms with Crippen molar-refractivity contribution in [1.29, 1.82) is 5.26 Å². The third kappa shape index (κ3) is 2.63. The van der Waals surface area contributed by atoms with E-state index in [1.165, 1.54) is 0 Å². The maximum atomic E-state index is 8.80. The number of aromatic nitrogens is 1. The first-order chi connectivity index (χ1) is 8.53. The standard InChI is InChI=1S/C13H12ClN3S/c1-13(2,12-16-5-6-18-12)17-11-4-3-9(8-15)7-10(11)14/h3-7,17H,1-2H3. The Morgan fingerprint density at radius 1 is 1.44 bits per heavy atom. The van der Waals surface area contributed by atoms with E-state index in [9.17, 15) is 0 Å². The highest BCUT2D eigenvalue weighted by Crippen LogP contribution is 2.31. The average molecular weight is 278 g/mol. The Kier molecular flexibility index (Phi) is 3.55. The van der Waals surface area contributed by atoms with Gasteiger partial charge in [-0.15, -0.1) is 11.3 Å². The maximum Gasteiger partial charge on any atom is 0.117 e. The molecule has 0 aliphatic carbocycles. The number of rotatable bonds is 3. The summed E-state index contributed by atoms with van der Waals surface area (Å²) in [5.74, 6) is 0. The van der Waals surface area contributed by atoms with E-state index in [1.54, 1.807) is 29.7 Å². The molecule has 2 rings (SSSR count). The SMILES string of the molecule is CC(C)(Nc1ccc(C#N)cc1Cl)c1nccs1. The fourth-order valence-corrected chi connectivity index (χ4v) is 2.55. The quantitative estimate of drug-likeness (QED) is 0.922. The molecular weight excluding hydrogens is 266 g/mol. The van der Waals surface area contributed by atoms with Crippen molar-refractivity contribution in [1.82, 2.24) is 4.98 Å². The van der Waals surface area contributed by atoms with Gasteiger partial charge in [0.25, 0.3) is 0 Å². The van der Waals surface area contributed by atoms with Gasteiger partial charge < -0.3 is 5.32 Å². The van der Waals surface area contributed by atoms with Crippen molar-refractivity contribution >= 4 is 28.6 Å². The Morgan fingerprint density at radius 3 is 2.78 bits per heavy atom. The second kappa shape index (κ2) is 4.97. The van der Waals surface area contributed by atoms with Gasteiger partial charge in [0.1, 0.15) is 5.01 Å². The summed E-state index contributed by atoms with van der Waals surface area (Å²) in [6.45, 7) is 4.08. The molecule has 0 amide bonds. The van der Waals surface area contributed by atoms with Crippen LogP contribution >= 0.6 is 22.9 Å². The first-order valence-electron chi connectivity index (χ1n) is 5.41. The summed E-state index contributed by atoms with van der Waals surface area (Å²) in [6, 6.07) is 7.28. The van der Waals surface area contributed by atoms with E-state index in [0.29, 0.717) is 10.6 Å². The van der Waals surface area contributed by atoms with Crippen molar-refractivity contribution in [2.75, 3.05) is 5.32 Å². The fourth-order valence-electron chi connectivity index (χ4n) is 1.61. The van der Waals surface area contributed by atoms with Crippen LogP contribution in [0, 0.1) is 11.3 Å². The summed E-state index contributed by atoms with van der Waals surface area (Å²) in [6.07, 6.45) is 1.78. The zero-order chi connectivity index (χ0) is 13.2. The zero-order valence-electron chi connectivity index (χ0n) is 10.1. The molecule has 0 fully saturated rings. The van der Waals surface area contributed by atoms with Gasteiger partial charge in [0.2, 0.25) is 0 Å². The normalized spacial score (nSPS) is 11.0. The van der Waals surface area contributed by atoms with E-state index >= 15 is 0 Å². The van der Waals surface area contributed by atoms with Crippen LogP contribution < -0.4 is 5.32 Å². The first kappa shape index (κ1) is 12.9. The van der Waals surface area contributed by atoms with E-state index in [2.05, 4.69) is 16.4 Å². The van der Waals surface area contributed by atoms with E-state index in [-0.39, 0.29) is 5.54 Å². The Balaban J connectivity index is 2.27. The molecule has 0 unspecified atom stereocenters. The van der Waals surface area contributed by atoms with Gasteiger partial charge in [-0.05, 0) is 32.0 Å². The average Bonchev–Trinajstić information content (AvgIpc) is 2.86. The molecule has 0 radical (unpaired) electrons. The summed E-state index contributed by atoms with van der Waals surface area (Å²) < 4.78 is 0. The van der Waals surface area contributed by atoms with Gasteiger partial charge in [0, 0.05) is 11.6 Å². The summed E-state index contributed by atoms with van der Waals surface area (Å²) in [4.78, 5) is 4.31.